The number of Topliss-reactive ketones (excluding diaryl/α,β-unsaturated/α-hetero) is 1. The summed E-state index contributed by atoms with van der Waals surface area (Å²) in [6, 6.07) is 11.9. The van der Waals surface area contributed by atoms with E-state index in [0.717, 1.165) is 11.1 Å². The summed E-state index contributed by atoms with van der Waals surface area (Å²) >= 11 is 1.69. The number of aromatic nitrogens is 1. The number of fused-ring (bicyclic) bond motifs is 1. The molecular weight excluding hydrogens is 282 g/mol. The molecule has 0 saturated carbocycles. The van der Waals surface area contributed by atoms with Gasteiger partial charge in [0, 0.05) is 29.8 Å². The summed E-state index contributed by atoms with van der Waals surface area (Å²) in [5, 5.41) is 3.26. The molecule has 106 valence electrons. The van der Waals surface area contributed by atoms with Gasteiger partial charge in [0.25, 0.3) is 0 Å². The number of thiophene rings is 1. The zero-order chi connectivity index (χ0) is 14.7. The third kappa shape index (κ3) is 3.11. The molecule has 4 heteroatoms. The largest absolute Gasteiger partial charge is 0.481 e. The first-order valence-corrected chi connectivity index (χ1v) is 7.60. The third-order valence-corrected chi connectivity index (χ3v) is 4.37. The van der Waals surface area contributed by atoms with E-state index in [4.69, 9.17) is 4.74 Å². The second-order valence-corrected chi connectivity index (χ2v) is 5.77. The number of rotatable bonds is 5. The maximum absolute atomic E-state index is 12.2. The number of carbonyl (C=O) groups is 1. The van der Waals surface area contributed by atoms with E-state index in [1.54, 1.807) is 30.7 Å². The van der Waals surface area contributed by atoms with Crippen molar-refractivity contribution in [1.82, 2.24) is 4.98 Å². The van der Waals surface area contributed by atoms with E-state index in [9.17, 15) is 4.79 Å². The molecule has 0 spiro atoms. The zero-order valence-corrected chi connectivity index (χ0v) is 12.5. The Morgan fingerprint density at radius 1 is 1.19 bits per heavy atom. The highest BCUT2D eigenvalue weighted by molar-refractivity contribution is 7.17. The lowest BCUT2D eigenvalue weighted by Gasteiger charge is -2.02. The summed E-state index contributed by atoms with van der Waals surface area (Å²) in [6.07, 6.45) is 2.57. The second-order valence-electron chi connectivity index (χ2n) is 4.86. The molecule has 2 heterocycles. The smallest absolute Gasteiger partial charge is 0.212 e. The van der Waals surface area contributed by atoms with Crippen molar-refractivity contribution in [3.63, 3.8) is 0 Å². The van der Waals surface area contributed by atoms with Gasteiger partial charge < -0.3 is 4.74 Å². The molecule has 0 saturated heterocycles. The van der Waals surface area contributed by atoms with Crippen LogP contribution in [0.2, 0.25) is 0 Å². The Labute approximate surface area is 127 Å². The first-order valence-electron chi connectivity index (χ1n) is 6.72. The molecule has 0 aliphatic rings. The summed E-state index contributed by atoms with van der Waals surface area (Å²) in [5.74, 6) is 0.764. The lowest BCUT2D eigenvalue weighted by atomic mass is 10.0. The number of nitrogens with zero attached hydrogens (tertiary/aromatic N) is 1. The molecule has 0 fully saturated rings. The fourth-order valence-corrected chi connectivity index (χ4v) is 3.27. The molecule has 0 amide bonds. The minimum Gasteiger partial charge on any atom is -0.481 e. The number of hydrogen-bond acceptors (Lipinski definition) is 4. The fraction of sp³-hybridized carbons (Fsp3) is 0.176. The van der Waals surface area contributed by atoms with Gasteiger partial charge in [0.05, 0.1) is 7.11 Å². The van der Waals surface area contributed by atoms with Gasteiger partial charge in [-0.25, -0.2) is 4.98 Å². The number of carbonyl (C=O) groups excluding carboxylic acids is 1. The number of ether oxygens (including phenoxy) is 1. The van der Waals surface area contributed by atoms with Crippen LogP contribution in [0.15, 0.2) is 48.0 Å². The van der Waals surface area contributed by atoms with Crippen LogP contribution < -0.4 is 4.74 Å². The molecule has 0 aliphatic carbocycles. The van der Waals surface area contributed by atoms with Crippen LogP contribution in [0.1, 0.15) is 11.1 Å². The average molecular weight is 297 g/mol. The van der Waals surface area contributed by atoms with Crippen LogP contribution in [0, 0.1) is 0 Å². The Kier molecular flexibility index (Phi) is 3.97. The molecule has 0 N–H and O–H groups in total. The molecule has 3 aromatic rings. The molecule has 2 aromatic heterocycles. The van der Waals surface area contributed by atoms with Crippen molar-refractivity contribution in [1.29, 1.82) is 0 Å². The summed E-state index contributed by atoms with van der Waals surface area (Å²) in [4.78, 5) is 16.3. The molecule has 3 nitrogen and oxygen atoms in total. The summed E-state index contributed by atoms with van der Waals surface area (Å²) < 4.78 is 6.24. The molecule has 0 bridgehead atoms. The zero-order valence-electron chi connectivity index (χ0n) is 11.7. The molecule has 3 rings (SSSR count). The monoisotopic (exact) mass is 297 g/mol. The highest BCUT2D eigenvalue weighted by atomic mass is 32.1. The first kappa shape index (κ1) is 13.8. The van der Waals surface area contributed by atoms with Crippen molar-refractivity contribution < 1.29 is 9.53 Å². The van der Waals surface area contributed by atoms with Crippen molar-refractivity contribution in [2.75, 3.05) is 7.11 Å². The van der Waals surface area contributed by atoms with Gasteiger partial charge in [-0.3, -0.25) is 4.79 Å². The summed E-state index contributed by atoms with van der Waals surface area (Å²) in [5.41, 5.74) is 2.03. The molecule has 0 atom stereocenters. The SMILES string of the molecule is COc1ccc(CC(=O)Cc2csc3ccccc23)cn1. The topological polar surface area (TPSA) is 39.2 Å². The predicted molar refractivity (Wildman–Crippen MR) is 85.0 cm³/mol. The van der Waals surface area contributed by atoms with Gasteiger partial charge in [0.15, 0.2) is 0 Å². The van der Waals surface area contributed by atoms with Gasteiger partial charge in [-0.1, -0.05) is 24.3 Å². The van der Waals surface area contributed by atoms with Crippen LogP contribution in [0.3, 0.4) is 0 Å². The van der Waals surface area contributed by atoms with E-state index < -0.39 is 0 Å². The van der Waals surface area contributed by atoms with Crippen molar-refractivity contribution in [3.05, 3.63) is 59.1 Å². The van der Waals surface area contributed by atoms with E-state index in [1.165, 1.54) is 10.1 Å². The van der Waals surface area contributed by atoms with Gasteiger partial charge in [-0.15, -0.1) is 11.3 Å². The number of methoxy groups -OCH3 is 1. The second kappa shape index (κ2) is 6.06. The Morgan fingerprint density at radius 3 is 2.81 bits per heavy atom. The normalized spacial score (nSPS) is 10.7. The first-order chi connectivity index (χ1) is 10.3. The third-order valence-electron chi connectivity index (χ3n) is 3.36. The highest BCUT2D eigenvalue weighted by Gasteiger charge is 2.10. The van der Waals surface area contributed by atoms with E-state index in [1.807, 2.05) is 18.2 Å². The lowest BCUT2D eigenvalue weighted by molar-refractivity contribution is -0.117. The van der Waals surface area contributed by atoms with E-state index >= 15 is 0 Å². The fourth-order valence-electron chi connectivity index (χ4n) is 2.31. The van der Waals surface area contributed by atoms with Gasteiger partial charge in [0.1, 0.15) is 5.78 Å². The van der Waals surface area contributed by atoms with Crippen molar-refractivity contribution >= 4 is 27.2 Å². The van der Waals surface area contributed by atoms with E-state index in [2.05, 4.69) is 22.5 Å². The van der Waals surface area contributed by atoms with Crippen LogP contribution in [0.4, 0.5) is 0 Å². The maximum Gasteiger partial charge on any atom is 0.212 e. The maximum atomic E-state index is 12.2. The summed E-state index contributed by atoms with van der Waals surface area (Å²) in [7, 11) is 1.58. The molecular formula is C17H15NO2S. The van der Waals surface area contributed by atoms with Gasteiger partial charge >= 0.3 is 0 Å². The van der Waals surface area contributed by atoms with E-state index in [0.29, 0.717) is 18.7 Å². The van der Waals surface area contributed by atoms with Crippen LogP contribution in [-0.4, -0.2) is 17.9 Å². The van der Waals surface area contributed by atoms with Crippen LogP contribution in [0.25, 0.3) is 10.1 Å². The average Bonchev–Trinajstić information content (AvgIpc) is 2.91. The van der Waals surface area contributed by atoms with Crippen molar-refractivity contribution in [3.8, 4) is 5.88 Å². The Balaban J connectivity index is 1.71. The van der Waals surface area contributed by atoms with Crippen LogP contribution in [0.5, 0.6) is 5.88 Å². The highest BCUT2D eigenvalue weighted by Crippen LogP contribution is 2.26. The quantitative estimate of drug-likeness (QED) is 0.721. The minimum atomic E-state index is 0.200. The van der Waals surface area contributed by atoms with Gasteiger partial charge in [-0.05, 0) is 28.0 Å². The lowest BCUT2D eigenvalue weighted by Crippen LogP contribution is -2.06. The standard InChI is InChI=1S/C17H15NO2S/c1-20-17-7-6-12(10-18-17)8-14(19)9-13-11-21-16-5-3-2-4-15(13)16/h2-7,10-11H,8-9H2,1H3. The Bertz CT molecular complexity index is 762. The van der Waals surface area contributed by atoms with Crippen molar-refractivity contribution in [2.24, 2.45) is 0 Å². The van der Waals surface area contributed by atoms with Gasteiger partial charge in [-0.2, -0.15) is 0 Å². The van der Waals surface area contributed by atoms with Gasteiger partial charge in [0.2, 0.25) is 5.88 Å². The Hall–Kier alpha value is -2.20. The van der Waals surface area contributed by atoms with Crippen LogP contribution in [-0.2, 0) is 17.6 Å². The summed E-state index contributed by atoms with van der Waals surface area (Å²) in [6.45, 7) is 0. The number of ketones is 1. The molecule has 21 heavy (non-hydrogen) atoms. The number of benzene rings is 1. The predicted octanol–water partition coefficient (Wildman–Crippen LogP) is 3.66. The van der Waals surface area contributed by atoms with E-state index in [-0.39, 0.29) is 5.78 Å². The molecule has 0 aliphatic heterocycles. The Morgan fingerprint density at radius 2 is 2.05 bits per heavy atom. The van der Waals surface area contributed by atoms with Crippen molar-refractivity contribution in [2.45, 2.75) is 12.8 Å². The number of hydrogen-bond donors (Lipinski definition) is 0. The molecule has 0 radical (unpaired) electrons. The number of pyridine rings is 1. The van der Waals surface area contributed by atoms with Crippen LogP contribution >= 0.6 is 11.3 Å². The molecule has 0 unspecified atom stereocenters. The molecule has 1 aromatic carbocycles. The minimum absolute atomic E-state index is 0.200.